The molecule has 0 saturated heterocycles. The lowest BCUT2D eigenvalue weighted by Gasteiger charge is -2.06. The molecular formula is C13H14N2O. The Morgan fingerprint density at radius 2 is 1.69 bits per heavy atom. The standard InChI is InChI=1S/C13H14N2O/c14-8-9-1-3-10(4-2-9)12-6-5-11(15)7-13(12)16/h1-7,16H,8,14-15H2. The molecule has 0 fully saturated rings. The Morgan fingerprint density at radius 1 is 1.00 bits per heavy atom. The molecule has 0 aliphatic carbocycles. The quantitative estimate of drug-likeness (QED) is 0.670. The molecule has 0 atom stereocenters. The van der Waals surface area contributed by atoms with Crippen LogP contribution in [-0.2, 0) is 6.54 Å². The lowest BCUT2D eigenvalue weighted by atomic mass is 10.0. The van der Waals surface area contributed by atoms with Crippen molar-refractivity contribution in [2.45, 2.75) is 6.54 Å². The van der Waals surface area contributed by atoms with E-state index in [9.17, 15) is 5.11 Å². The van der Waals surface area contributed by atoms with E-state index < -0.39 is 0 Å². The highest BCUT2D eigenvalue weighted by molar-refractivity contribution is 5.72. The van der Waals surface area contributed by atoms with Crippen molar-refractivity contribution < 1.29 is 5.11 Å². The molecule has 0 aliphatic rings. The Bertz CT molecular complexity index is 492. The van der Waals surface area contributed by atoms with Crippen LogP contribution in [0.5, 0.6) is 5.75 Å². The van der Waals surface area contributed by atoms with E-state index in [-0.39, 0.29) is 5.75 Å². The number of hydrogen-bond acceptors (Lipinski definition) is 3. The third-order valence-corrected chi connectivity index (χ3v) is 2.52. The maximum Gasteiger partial charge on any atom is 0.125 e. The van der Waals surface area contributed by atoms with Crippen molar-refractivity contribution in [3.63, 3.8) is 0 Å². The van der Waals surface area contributed by atoms with E-state index in [2.05, 4.69) is 0 Å². The van der Waals surface area contributed by atoms with Crippen molar-refractivity contribution >= 4 is 5.69 Å². The van der Waals surface area contributed by atoms with E-state index >= 15 is 0 Å². The van der Waals surface area contributed by atoms with Crippen LogP contribution in [0.25, 0.3) is 11.1 Å². The molecule has 0 bridgehead atoms. The predicted molar refractivity (Wildman–Crippen MR) is 65.8 cm³/mol. The molecule has 0 aliphatic heterocycles. The molecule has 2 rings (SSSR count). The topological polar surface area (TPSA) is 72.3 Å². The Labute approximate surface area is 94.3 Å². The van der Waals surface area contributed by atoms with E-state index in [1.54, 1.807) is 12.1 Å². The fraction of sp³-hybridized carbons (Fsp3) is 0.0769. The molecule has 0 spiro atoms. The second-order valence-corrected chi connectivity index (χ2v) is 3.68. The summed E-state index contributed by atoms with van der Waals surface area (Å²) < 4.78 is 0. The van der Waals surface area contributed by atoms with Gasteiger partial charge in [-0.2, -0.15) is 0 Å². The highest BCUT2D eigenvalue weighted by Crippen LogP contribution is 2.30. The summed E-state index contributed by atoms with van der Waals surface area (Å²) in [6, 6.07) is 12.9. The maximum absolute atomic E-state index is 9.77. The van der Waals surface area contributed by atoms with E-state index in [0.29, 0.717) is 12.2 Å². The van der Waals surface area contributed by atoms with Crippen LogP contribution < -0.4 is 11.5 Å². The number of benzene rings is 2. The largest absolute Gasteiger partial charge is 0.507 e. The summed E-state index contributed by atoms with van der Waals surface area (Å²) in [5, 5.41) is 9.77. The molecular weight excluding hydrogens is 200 g/mol. The van der Waals surface area contributed by atoms with Gasteiger partial charge in [0.25, 0.3) is 0 Å². The van der Waals surface area contributed by atoms with Crippen molar-refractivity contribution in [2.75, 3.05) is 5.73 Å². The van der Waals surface area contributed by atoms with Crippen molar-refractivity contribution in [3.8, 4) is 16.9 Å². The van der Waals surface area contributed by atoms with Crippen molar-refractivity contribution in [3.05, 3.63) is 48.0 Å². The normalized spacial score (nSPS) is 10.3. The van der Waals surface area contributed by atoms with Gasteiger partial charge in [-0.25, -0.2) is 0 Å². The van der Waals surface area contributed by atoms with Gasteiger partial charge < -0.3 is 16.6 Å². The van der Waals surface area contributed by atoms with Gasteiger partial charge in [-0.3, -0.25) is 0 Å². The van der Waals surface area contributed by atoms with E-state index in [4.69, 9.17) is 11.5 Å². The fourth-order valence-electron chi connectivity index (χ4n) is 1.61. The van der Waals surface area contributed by atoms with Crippen LogP contribution in [0.1, 0.15) is 5.56 Å². The minimum Gasteiger partial charge on any atom is -0.507 e. The van der Waals surface area contributed by atoms with Crippen LogP contribution in [-0.4, -0.2) is 5.11 Å². The average molecular weight is 214 g/mol. The molecule has 0 heterocycles. The summed E-state index contributed by atoms with van der Waals surface area (Å²) in [6.07, 6.45) is 0. The molecule has 0 saturated carbocycles. The molecule has 3 heteroatoms. The van der Waals surface area contributed by atoms with Crippen LogP contribution in [0, 0.1) is 0 Å². The first-order valence-electron chi connectivity index (χ1n) is 5.08. The number of hydrogen-bond donors (Lipinski definition) is 3. The zero-order chi connectivity index (χ0) is 11.5. The van der Waals surface area contributed by atoms with Crippen molar-refractivity contribution in [1.29, 1.82) is 0 Å². The average Bonchev–Trinajstić information content (AvgIpc) is 2.29. The molecule has 0 aromatic heterocycles. The molecule has 2 aromatic carbocycles. The fourth-order valence-corrected chi connectivity index (χ4v) is 1.61. The molecule has 82 valence electrons. The molecule has 0 radical (unpaired) electrons. The summed E-state index contributed by atoms with van der Waals surface area (Å²) in [7, 11) is 0. The van der Waals surface area contributed by atoms with E-state index in [1.807, 2.05) is 30.3 Å². The summed E-state index contributed by atoms with van der Waals surface area (Å²) in [6.45, 7) is 0.522. The number of anilines is 1. The van der Waals surface area contributed by atoms with Crippen LogP contribution in [0.15, 0.2) is 42.5 Å². The van der Waals surface area contributed by atoms with Gasteiger partial charge in [0.05, 0.1) is 0 Å². The summed E-state index contributed by atoms with van der Waals surface area (Å²) in [5.41, 5.74) is 14.4. The zero-order valence-corrected chi connectivity index (χ0v) is 8.85. The summed E-state index contributed by atoms with van der Waals surface area (Å²) in [5.74, 6) is 0.195. The zero-order valence-electron chi connectivity index (χ0n) is 8.85. The van der Waals surface area contributed by atoms with Crippen molar-refractivity contribution in [1.82, 2.24) is 0 Å². The Morgan fingerprint density at radius 3 is 2.25 bits per heavy atom. The molecule has 3 nitrogen and oxygen atoms in total. The number of nitrogens with two attached hydrogens (primary N) is 2. The van der Waals surface area contributed by atoms with Crippen LogP contribution in [0.3, 0.4) is 0 Å². The third-order valence-electron chi connectivity index (χ3n) is 2.52. The lowest BCUT2D eigenvalue weighted by Crippen LogP contribution is -1.95. The summed E-state index contributed by atoms with van der Waals surface area (Å²) >= 11 is 0. The third kappa shape index (κ3) is 1.99. The second-order valence-electron chi connectivity index (χ2n) is 3.68. The first-order chi connectivity index (χ1) is 7.70. The van der Waals surface area contributed by atoms with Gasteiger partial charge in [0.15, 0.2) is 0 Å². The number of nitrogen functional groups attached to an aromatic ring is 1. The minimum atomic E-state index is 0.195. The minimum absolute atomic E-state index is 0.195. The number of phenolic OH excluding ortho intramolecular Hbond substituents is 1. The summed E-state index contributed by atoms with van der Waals surface area (Å²) in [4.78, 5) is 0. The molecule has 2 aromatic rings. The van der Waals surface area contributed by atoms with Gasteiger partial charge in [-0.05, 0) is 23.3 Å². The maximum atomic E-state index is 9.77. The van der Waals surface area contributed by atoms with E-state index in [0.717, 1.165) is 16.7 Å². The first-order valence-corrected chi connectivity index (χ1v) is 5.08. The molecule has 5 N–H and O–H groups in total. The van der Waals surface area contributed by atoms with Gasteiger partial charge in [0, 0.05) is 23.9 Å². The monoisotopic (exact) mass is 214 g/mol. The van der Waals surface area contributed by atoms with Crippen molar-refractivity contribution in [2.24, 2.45) is 5.73 Å². The number of aromatic hydroxyl groups is 1. The highest BCUT2D eigenvalue weighted by Gasteiger charge is 2.04. The number of phenols is 1. The smallest absolute Gasteiger partial charge is 0.125 e. The Kier molecular flexibility index (Phi) is 2.79. The Hall–Kier alpha value is -2.00. The number of rotatable bonds is 2. The highest BCUT2D eigenvalue weighted by atomic mass is 16.3. The van der Waals surface area contributed by atoms with Gasteiger partial charge in [0.1, 0.15) is 5.75 Å². The molecule has 16 heavy (non-hydrogen) atoms. The van der Waals surface area contributed by atoms with Gasteiger partial charge >= 0.3 is 0 Å². The molecule has 0 amide bonds. The molecule has 0 unspecified atom stereocenters. The van der Waals surface area contributed by atoms with Crippen LogP contribution in [0.2, 0.25) is 0 Å². The van der Waals surface area contributed by atoms with Gasteiger partial charge in [-0.1, -0.05) is 24.3 Å². The lowest BCUT2D eigenvalue weighted by molar-refractivity contribution is 0.477. The van der Waals surface area contributed by atoms with E-state index in [1.165, 1.54) is 0 Å². The first kappa shape index (κ1) is 10.5. The van der Waals surface area contributed by atoms with Gasteiger partial charge in [-0.15, -0.1) is 0 Å². The predicted octanol–water partition coefficient (Wildman–Crippen LogP) is 2.10. The van der Waals surface area contributed by atoms with Crippen LogP contribution >= 0.6 is 0 Å². The SMILES string of the molecule is NCc1ccc(-c2ccc(N)cc2O)cc1. The second kappa shape index (κ2) is 4.24. The van der Waals surface area contributed by atoms with Gasteiger partial charge in [0.2, 0.25) is 0 Å². The Balaban J connectivity index is 2.42. The van der Waals surface area contributed by atoms with Crippen LogP contribution in [0.4, 0.5) is 5.69 Å².